The first-order valence-corrected chi connectivity index (χ1v) is 8.30. The third kappa shape index (κ3) is 5.24. The smallest absolute Gasteiger partial charge is 0.406 e. The van der Waals surface area contributed by atoms with E-state index in [-0.39, 0.29) is 17.9 Å². The molecule has 0 unspecified atom stereocenters. The van der Waals surface area contributed by atoms with Crippen molar-refractivity contribution in [2.24, 2.45) is 0 Å². The van der Waals surface area contributed by atoms with Crippen molar-refractivity contribution in [3.63, 3.8) is 0 Å². The van der Waals surface area contributed by atoms with Crippen LogP contribution in [0.3, 0.4) is 0 Å². The molecule has 0 aliphatic carbocycles. The number of fused-ring (bicyclic) bond motifs is 1. The van der Waals surface area contributed by atoms with Crippen molar-refractivity contribution in [1.82, 2.24) is 9.88 Å². The number of nitrogens with one attached hydrogen (secondary N) is 2. The quantitative estimate of drug-likeness (QED) is 0.628. The summed E-state index contributed by atoms with van der Waals surface area (Å²) in [5, 5.41) is 2.99. The Kier molecular flexibility index (Phi) is 5.44. The van der Waals surface area contributed by atoms with Crippen LogP contribution in [0.4, 0.5) is 23.2 Å². The highest BCUT2D eigenvalue weighted by molar-refractivity contribution is 6.01. The second-order valence-electron chi connectivity index (χ2n) is 6.20. The maximum absolute atomic E-state index is 13.3. The minimum absolute atomic E-state index is 0.189. The van der Waals surface area contributed by atoms with E-state index in [1.165, 1.54) is 43.4 Å². The van der Waals surface area contributed by atoms with Gasteiger partial charge < -0.3 is 19.9 Å². The Labute approximate surface area is 162 Å². The second-order valence-corrected chi connectivity index (χ2v) is 6.20. The summed E-state index contributed by atoms with van der Waals surface area (Å²) in [6.45, 7) is -0.302. The van der Waals surface area contributed by atoms with Crippen molar-refractivity contribution in [1.29, 1.82) is 0 Å². The maximum atomic E-state index is 13.3. The van der Waals surface area contributed by atoms with Gasteiger partial charge >= 0.3 is 6.36 Å². The van der Waals surface area contributed by atoms with Crippen LogP contribution in [0.2, 0.25) is 0 Å². The van der Waals surface area contributed by atoms with Crippen LogP contribution in [0.25, 0.3) is 10.9 Å². The molecule has 0 saturated carbocycles. The first-order valence-electron chi connectivity index (χ1n) is 8.30. The Morgan fingerprint density at radius 2 is 1.79 bits per heavy atom. The number of H-pyrrole nitrogens is 1. The van der Waals surface area contributed by atoms with E-state index in [9.17, 15) is 27.2 Å². The molecule has 0 aliphatic rings. The molecule has 0 aliphatic heterocycles. The largest absolute Gasteiger partial charge is 0.573 e. The molecule has 6 nitrogen and oxygen atoms in total. The Hall–Kier alpha value is -3.56. The van der Waals surface area contributed by atoms with E-state index in [1.807, 2.05) is 0 Å². The lowest BCUT2D eigenvalue weighted by molar-refractivity contribution is -0.274. The second kappa shape index (κ2) is 7.82. The van der Waals surface area contributed by atoms with E-state index in [1.54, 1.807) is 0 Å². The number of carbonyl (C=O) groups excluding carboxylic acids is 2. The van der Waals surface area contributed by atoms with Gasteiger partial charge in [0.1, 0.15) is 17.3 Å². The Morgan fingerprint density at radius 1 is 1.10 bits per heavy atom. The number of ether oxygens (including phenoxy) is 1. The highest BCUT2D eigenvalue weighted by Gasteiger charge is 2.31. The third-order valence-corrected chi connectivity index (χ3v) is 3.91. The number of aromatic nitrogens is 1. The van der Waals surface area contributed by atoms with Crippen LogP contribution in [-0.4, -0.2) is 41.7 Å². The van der Waals surface area contributed by atoms with Crippen molar-refractivity contribution in [3.8, 4) is 5.75 Å². The van der Waals surface area contributed by atoms with Crippen LogP contribution >= 0.6 is 0 Å². The fraction of sp³-hybridized carbons (Fsp3) is 0.158. The van der Waals surface area contributed by atoms with Gasteiger partial charge in [-0.2, -0.15) is 0 Å². The summed E-state index contributed by atoms with van der Waals surface area (Å²) in [6.07, 6.45) is -4.80. The molecule has 0 saturated heterocycles. The van der Waals surface area contributed by atoms with Crippen molar-refractivity contribution >= 4 is 28.4 Å². The molecule has 0 fully saturated rings. The van der Waals surface area contributed by atoms with E-state index in [4.69, 9.17) is 0 Å². The van der Waals surface area contributed by atoms with Crippen LogP contribution in [-0.2, 0) is 4.79 Å². The highest BCUT2D eigenvalue weighted by atomic mass is 19.4. The molecule has 3 rings (SSSR count). The molecule has 0 spiro atoms. The summed E-state index contributed by atoms with van der Waals surface area (Å²) in [4.78, 5) is 28.6. The number of aromatic amines is 1. The topological polar surface area (TPSA) is 74.4 Å². The molecular weight excluding hydrogens is 394 g/mol. The number of hydrogen-bond acceptors (Lipinski definition) is 3. The zero-order valence-electron chi connectivity index (χ0n) is 15.0. The fourth-order valence-corrected chi connectivity index (χ4v) is 2.65. The number of amides is 2. The lowest BCUT2D eigenvalue weighted by Gasteiger charge is -2.16. The normalized spacial score (nSPS) is 11.3. The average molecular weight is 409 g/mol. The van der Waals surface area contributed by atoms with Gasteiger partial charge in [0, 0.05) is 23.6 Å². The third-order valence-electron chi connectivity index (χ3n) is 3.91. The summed E-state index contributed by atoms with van der Waals surface area (Å²) in [5.74, 6) is -1.88. The number of likely N-dealkylation sites (N-methyl/N-ethyl adjacent to an activating group) is 1. The number of alkyl halides is 3. The molecule has 152 valence electrons. The van der Waals surface area contributed by atoms with Gasteiger partial charge in [-0.3, -0.25) is 9.59 Å². The Bertz CT molecular complexity index is 1050. The highest BCUT2D eigenvalue weighted by Crippen LogP contribution is 2.24. The van der Waals surface area contributed by atoms with Crippen LogP contribution < -0.4 is 10.1 Å². The number of benzene rings is 2. The zero-order chi connectivity index (χ0) is 21.2. The van der Waals surface area contributed by atoms with Gasteiger partial charge in [-0.05, 0) is 48.5 Å². The van der Waals surface area contributed by atoms with Gasteiger partial charge in [-0.15, -0.1) is 13.2 Å². The Balaban J connectivity index is 1.60. The predicted molar refractivity (Wildman–Crippen MR) is 97.0 cm³/mol. The lowest BCUT2D eigenvalue weighted by atomic mass is 10.2. The minimum Gasteiger partial charge on any atom is -0.406 e. The summed E-state index contributed by atoms with van der Waals surface area (Å²) in [5.41, 5.74) is 1.01. The molecule has 3 aromatic rings. The Morgan fingerprint density at radius 3 is 2.45 bits per heavy atom. The first kappa shape index (κ1) is 20.2. The van der Waals surface area contributed by atoms with Gasteiger partial charge in [-0.25, -0.2) is 4.39 Å². The number of carbonyl (C=O) groups is 2. The average Bonchev–Trinajstić information content (AvgIpc) is 3.04. The van der Waals surface area contributed by atoms with Crippen LogP contribution in [0.5, 0.6) is 5.75 Å². The number of hydrogen-bond donors (Lipinski definition) is 2. The standard InChI is InChI=1S/C19H15F4N3O3/c1-26(18(28)16-9-11-8-12(20)2-7-15(11)25-16)10-17(27)24-13-3-5-14(6-4-13)29-19(21,22)23/h2-9,25H,10H2,1H3,(H,24,27). The van der Waals surface area contributed by atoms with Gasteiger partial charge in [0.2, 0.25) is 5.91 Å². The van der Waals surface area contributed by atoms with Gasteiger partial charge in [0.05, 0.1) is 6.54 Å². The van der Waals surface area contributed by atoms with Crippen molar-refractivity contribution in [3.05, 3.63) is 60.0 Å². The van der Waals surface area contributed by atoms with Crippen molar-refractivity contribution in [2.45, 2.75) is 6.36 Å². The first-order chi connectivity index (χ1) is 13.6. The molecule has 1 heterocycles. The minimum atomic E-state index is -4.80. The summed E-state index contributed by atoms with van der Waals surface area (Å²) in [7, 11) is 1.41. The monoisotopic (exact) mass is 409 g/mol. The van der Waals surface area contributed by atoms with Gasteiger partial charge in [-0.1, -0.05) is 0 Å². The number of nitrogens with zero attached hydrogens (tertiary/aromatic N) is 1. The predicted octanol–water partition coefficient (Wildman–Crippen LogP) is 3.92. The van der Waals surface area contributed by atoms with Gasteiger partial charge in [0.25, 0.3) is 5.91 Å². The van der Waals surface area contributed by atoms with E-state index in [0.29, 0.717) is 10.9 Å². The summed E-state index contributed by atoms with van der Waals surface area (Å²) < 4.78 is 53.5. The van der Waals surface area contributed by atoms with Crippen molar-refractivity contribution < 1.29 is 31.9 Å². The molecular formula is C19H15F4N3O3. The molecule has 0 atom stereocenters. The fourth-order valence-electron chi connectivity index (χ4n) is 2.65. The summed E-state index contributed by atoms with van der Waals surface area (Å²) in [6, 6.07) is 10.1. The number of anilines is 1. The SMILES string of the molecule is CN(CC(=O)Nc1ccc(OC(F)(F)F)cc1)C(=O)c1cc2cc(F)ccc2[nH]1. The molecule has 10 heteroatoms. The van der Waals surface area contributed by atoms with Crippen LogP contribution in [0, 0.1) is 5.82 Å². The number of halogens is 4. The van der Waals surface area contributed by atoms with Crippen LogP contribution in [0.1, 0.15) is 10.5 Å². The summed E-state index contributed by atoms with van der Waals surface area (Å²) >= 11 is 0. The molecule has 0 bridgehead atoms. The molecule has 1 aromatic heterocycles. The van der Waals surface area contributed by atoms with E-state index < -0.39 is 29.7 Å². The number of rotatable bonds is 5. The molecule has 0 radical (unpaired) electrons. The van der Waals surface area contributed by atoms with Crippen molar-refractivity contribution in [2.75, 3.05) is 18.9 Å². The van der Waals surface area contributed by atoms with E-state index in [0.717, 1.165) is 17.0 Å². The van der Waals surface area contributed by atoms with Gasteiger partial charge in [0.15, 0.2) is 0 Å². The maximum Gasteiger partial charge on any atom is 0.573 e. The zero-order valence-corrected chi connectivity index (χ0v) is 15.0. The lowest BCUT2D eigenvalue weighted by Crippen LogP contribution is -2.35. The van der Waals surface area contributed by atoms with E-state index >= 15 is 0 Å². The van der Waals surface area contributed by atoms with Crippen LogP contribution in [0.15, 0.2) is 48.5 Å². The molecule has 2 aromatic carbocycles. The molecule has 2 N–H and O–H groups in total. The van der Waals surface area contributed by atoms with E-state index in [2.05, 4.69) is 15.0 Å². The molecule has 2 amide bonds. The molecule has 29 heavy (non-hydrogen) atoms.